The van der Waals surface area contributed by atoms with E-state index >= 15 is 0 Å². The Hall–Kier alpha value is -2.15. The quantitative estimate of drug-likeness (QED) is 0.607. The second kappa shape index (κ2) is 5.09. The van der Waals surface area contributed by atoms with Gasteiger partial charge in [0, 0.05) is 11.1 Å². The van der Waals surface area contributed by atoms with E-state index in [1.54, 1.807) is 0 Å². The molecule has 2 aromatic carbocycles. The van der Waals surface area contributed by atoms with Gasteiger partial charge < -0.3 is 0 Å². The summed E-state index contributed by atoms with van der Waals surface area (Å²) in [6.07, 6.45) is 0. The summed E-state index contributed by atoms with van der Waals surface area (Å²) < 4.78 is 0. The van der Waals surface area contributed by atoms with E-state index in [9.17, 15) is 0 Å². The summed E-state index contributed by atoms with van der Waals surface area (Å²) in [7, 11) is 0. The van der Waals surface area contributed by atoms with Crippen LogP contribution in [0.4, 0.5) is 0 Å². The van der Waals surface area contributed by atoms with E-state index in [0.29, 0.717) is 5.92 Å². The number of aromatic nitrogens is 1. The van der Waals surface area contributed by atoms with E-state index < -0.39 is 0 Å². The van der Waals surface area contributed by atoms with Gasteiger partial charge in [0.2, 0.25) is 0 Å². The lowest BCUT2D eigenvalue weighted by Gasteiger charge is -2.18. The summed E-state index contributed by atoms with van der Waals surface area (Å²) in [4.78, 5) is 4.78. The van der Waals surface area contributed by atoms with Crippen LogP contribution in [0.5, 0.6) is 0 Å². The second-order valence-corrected chi connectivity index (χ2v) is 5.52. The van der Waals surface area contributed by atoms with Crippen molar-refractivity contribution in [2.75, 3.05) is 0 Å². The molecule has 20 heavy (non-hydrogen) atoms. The molecule has 1 aromatic heterocycles. The molecular weight excluding hydrogens is 242 g/mol. The van der Waals surface area contributed by atoms with Crippen molar-refractivity contribution < 1.29 is 0 Å². The number of nitrogens with zero attached hydrogens (tertiary/aromatic N) is 1. The van der Waals surface area contributed by atoms with Crippen molar-refractivity contribution in [3.8, 4) is 11.1 Å². The van der Waals surface area contributed by atoms with Crippen molar-refractivity contribution >= 4 is 10.9 Å². The molecule has 0 radical (unpaired) electrons. The highest BCUT2D eigenvalue weighted by Gasteiger charge is 2.16. The Kier molecular flexibility index (Phi) is 3.27. The van der Waals surface area contributed by atoms with E-state index in [4.69, 9.17) is 4.98 Å². The predicted molar refractivity (Wildman–Crippen MR) is 86.0 cm³/mol. The van der Waals surface area contributed by atoms with Crippen molar-refractivity contribution in [3.05, 3.63) is 65.9 Å². The average Bonchev–Trinajstić information content (AvgIpc) is 2.46. The minimum atomic E-state index is 0.460. The Morgan fingerprint density at radius 3 is 2.20 bits per heavy atom. The number of para-hydroxylation sites is 1. The molecule has 0 aliphatic rings. The van der Waals surface area contributed by atoms with Crippen LogP contribution < -0.4 is 0 Å². The molecule has 1 nitrogen and oxygen atoms in total. The number of benzene rings is 2. The first-order valence-corrected chi connectivity index (χ1v) is 7.13. The average molecular weight is 261 g/mol. The zero-order valence-electron chi connectivity index (χ0n) is 12.2. The van der Waals surface area contributed by atoms with Gasteiger partial charge in [-0.05, 0) is 35.6 Å². The minimum Gasteiger partial charge on any atom is -0.253 e. The molecule has 3 rings (SSSR count). The highest BCUT2D eigenvalue weighted by molar-refractivity contribution is 5.96. The van der Waals surface area contributed by atoms with Crippen LogP contribution >= 0.6 is 0 Å². The van der Waals surface area contributed by atoms with Crippen molar-refractivity contribution in [2.45, 2.75) is 26.7 Å². The van der Waals surface area contributed by atoms with Crippen molar-refractivity contribution in [3.63, 3.8) is 0 Å². The van der Waals surface area contributed by atoms with Gasteiger partial charge in [0.05, 0.1) is 5.52 Å². The van der Waals surface area contributed by atoms with Gasteiger partial charge in [-0.1, -0.05) is 62.4 Å². The molecule has 0 aliphatic heterocycles. The molecule has 0 aliphatic carbocycles. The number of hydrogen-bond acceptors (Lipinski definition) is 1. The van der Waals surface area contributed by atoms with Crippen LogP contribution in [0.1, 0.15) is 31.0 Å². The molecule has 0 unspecified atom stereocenters. The Morgan fingerprint density at radius 1 is 0.850 bits per heavy atom. The number of pyridine rings is 1. The van der Waals surface area contributed by atoms with Gasteiger partial charge in [0.1, 0.15) is 0 Å². The van der Waals surface area contributed by atoms with Crippen LogP contribution in [0.25, 0.3) is 22.0 Å². The predicted octanol–water partition coefficient (Wildman–Crippen LogP) is 5.33. The molecule has 0 amide bonds. The number of aryl methyl sites for hydroxylation is 1. The lowest BCUT2D eigenvalue weighted by molar-refractivity contribution is 0.850. The molecule has 1 heterocycles. The molecule has 0 saturated heterocycles. The van der Waals surface area contributed by atoms with E-state index in [0.717, 1.165) is 11.2 Å². The van der Waals surface area contributed by atoms with Crippen LogP contribution in [-0.2, 0) is 0 Å². The molecular formula is C19H19N. The second-order valence-electron chi connectivity index (χ2n) is 5.52. The van der Waals surface area contributed by atoms with Crippen LogP contribution in [0.15, 0.2) is 54.6 Å². The molecule has 0 saturated carbocycles. The largest absolute Gasteiger partial charge is 0.253 e. The maximum Gasteiger partial charge on any atom is 0.0711 e. The summed E-state index contributed by atoms with van der Waals surface area (Å²) in [5, 5.41) is 1.24. The highest BCUT2D eigenvalue weighted by Crippen LogP contribution is 2.36. The van der Waals surface area contributed by atoms with Gasteiger partial charge in [-0.2, -0.15) is 0 Å². The SMILES string of the molecule is Cc1nc2ccccc2c(-c2ccccc2)c1C(C)C. The molecule has 0 bridgehead atoms. The smallest absolute Gasteiger partial charge is 0.0711 e. The molecule has 1 heteroatoms. The molecule has 100 valence electrons. The van der Waals surface area contributed by atoms with E-state index in [2.05, 4.69) is 75.4 Å². The minimum absolute atomic E-state index is 0.460. The molecule has 0 N–H and O–H groups in total. The normalized spacial score (nSPS) is 11.2. The lowest BCUT2D eigenvalue weighted by atomic mass is 9.89. The fraction of sp³-hybridized carbons (Fsp3) is 0.211. The Balaban J connectivity index is 2.45. The number of fused-ring (bicyclic) bond motifs is 1. The Morgan fingerprint density at radius 2 is 1.50 bits per heavy atom. The summed E-state index contributed by atoms with van der Waals surface area (Å²) in [5.41, 5.74) is 6.18. The summed E-state index contributed by atoms with van der Waals surface area (Å²) >= 11 is 0. The molecule has 0 atom stereocenters. The van der Waals surface area contributed by atoms with Gasteiger partial charge in [-0.15, -0.1) is 0 Å². The fourth-order valence-corrected chi connectivity index (χ4v) is 2.97. The van der Waals surface area contributed by atoms with Crippen molar-refractivity contribution in [1.82, 2.24) is 4.98 Å². The Bertz CT molecular complexity index is 742. The highest BCUT2D eigenvalue weighted by atomic mass is 14.7. The summed E-state index contributed by atoms with van der Waals surface area (Å²) in [5.74, 6) is 0.460. The Labute approximate surface area is 120 Å². The van der Waals surface area contributed by atoms with Crippen LogP contribution in [0, 0.1) is 6.92 Å². The number of rotatable bonds is 2. The van der Waals surface area contributed by atoms with Gasteiger partial charge in [-0.25, -0.2) is 0 Å². The maximum atomic E-state index is 4.78. The maximum absolute atomic E-state index is 4.78. The van der Waals surface area contributed by atoms with Gasteiger partial charge in [0.25, 0.3) is 0 Å². The van der Waals surface area contributed by atoms with Gasteiger partial charge >= 0.3 is 0 Å². The van der Waals surface area contributed by atoms with Crippen molar-refractivity contribution in [1.29, 1.82) is 0 Å². The van der Waals surface area contributed by atoms with E-state index in [-0.39, 0.29) is 0 Å². The third kappa shape index (κ3) is 2.09. The summed E-state index contributed by atoms with van der Waals surface area (Å²) in [6, 6.07) is 19.1. The molecule has 0 fully saturated rings. The monoisotopic (exact) mass is 261 g/mol. The van der Waals surface area contributed by atoms with Gasteiger partial charge in [-0.3, -0.25) is 4.98 Å². The van der Waals surface area contributed by atoms with Crippen LogP contribution in [0.2, 0.25) is 0 Å². The first kappa shape index (κ1) is 12.9. The fourth-order valence-electron chi connectivity index (χ4n) is 2.97. The van der Waals surface area contributed by atoms with E-state index in [1.807, 2.05) is 0 Å². The summed E-state index contributed by atoms with van der Waals surface area (Å²) in [6.45, 7) is 6.60. The first-order chi connectivity index (χ1) is 9.68. The lowest BCUT2D eigenvalue weighted by Crippen LogP contribution is -2.00. The third-order valence-corrected chi connectivity index (χ3v) is 3.76. The standard InChI is InChI=1S/C19H19N/c1-13(2)18-14(3)20-17-12-8-7-11-16(17)19(18)15-9-5-4-6-10-15/h4-13H,1-3H3. The van der Waals surface area contributed by atoms with Crippen molar-refractivity contribution in [2.24, 2.45) is 0 Å². The first-order valence-electron chi connectivity index (χ1n) is 7.13. The zero-order chi connectivity index (χ0) is 14.1. The number of hydrogen-bond donors (Lipinski definition) is 0. The molecule has 0 spiro atoms. The topological polar surface area (TPSA) is 12.9 Å². The zero-order valence-corrected chi connectivity index (χ0v) is 12.2. The van der Waals surface area contributed by atoms with E-state index in [1.165, 1.54) is 22.1 Å². The van der Waals surface area contributed by atoms with Gasteiger partial charge in [0.15, 0.2) is 0 Å². The molecule has 3 aromatic rings. The third-order valence-electron chi connectivity index (χ3n) is 3.76. The van der Waals surface area contributed by atoms with Crippen LogP contribution in [0.3, 0.4) is 0 Å². The van der Waals surface area contributed by atoms with Crippen LogP contribution in [-0.4, -0.2) is 4.98 Å².